The van der Waals surface area contributed by atoms with E-state index in [4.69, 9.17) is 9.72 Å². The number of hydrogen-bond acceptors (Lipinski definition) is 5. The molecule has 1 atom stereocenters. The van der Waals surface area contributed by atoms with Gasteiger partial charge in [-0.15, -0.1) is 0 Å². The third kappa shape index (κ3) is 3.74. The predicted molar refractivity (Wildman–Crippen MR) is 104 cm³/mol. The van der Waals surface area contributed by atoms with Crippen molar-refractivity contribution in [2.75, 3.05) is 12.9 Å². The number of methoxy groups -OCH3 is 1. The van der Waals surface area contributed by atoms with Crippen molar-refractivity contribution < 1.29 is 9.53 Å². The Labute approximate surface area is 162 Å². The molecule has 1 amide bonds. The average molecular weight is 385 g/mol. The fourth-order valence-corrected chi connectivity index (χ4v) is 4.85. The van der Waals surface area contributed by atoms with E-state index in [0.717, 1.165) is 59.2 Å². The van der Waals surface area contributed by atoms with Gasteiger partial charge in [0.15, 0.2) is 5.16 Å². The summed E-state index contributed by atoms with van der Waals surface area (Å²) in [4.78, 5) is 30.0. The van der Waals surface area contributed by atoms with Gasteiger partial charge in [-0.3, -0.25) is 14.2 Å². The number of carbonyl (C=O) groups excluding carboxylic acids is 1. The number of carbonyl (C=O) groups is 1. The van der Waals surface area contributed by atoms with E-state index in [9.17, 15) is 9.59 Å². The van der Waals surface area contributed by atoms with Crippen LogP contribution in [-0.4, -0.2) is 28.3 Å². The second-order valence-electron chi connectivity index (χ2n) is 7.00. The molecule has 2 heterocycles. The van der Waals surface area contributed by atoms with Crippen LogP contribution in [0.15, 0.2) is 34.2 Å². The summed E-state index contributed by atoms with van der Waals surface area (Å²) in [7, 11) is 1.63. The highest BCUT2D eigenvalue weighted by atomic mass is 32.2. The maximum atomic E-state index is 12.9. The lowest BCUT2D eigenvalue weighted by Crippen LogP contribution is -2.33. The molecule has 0 saturated heterocycles. The summed E-state index contributed by atoms with van der Waals surface area (Å²) in [6.45, 7) is 0.465. The molecule has 0 spiro atoms. The minimum atomic E-state index is -0.118. The second kappa shape index (κ2) is 7.76. The SMILES string of the molecule is COc1ccc(CNC(=O)CC2CSc3nc4c(c(=O)n32)CCCC4)cc1. The van der Waals surface area contributed by atoms with Crippen molar-refractivity contribution in [1.82, 2.24) is 14.9 Å². The average Bonchev–Trinajstić information content (AvgIpc) is 3.09. The smallest absolute Gasteiger partial charge is 0.257 e. The number of benzene rings is 1. The van der Waals surface area contributed by atoms with Crippen LogP contribution in [0.3, 0.4) is 0 Å². The van der Waals surface area contributed by atoms with E-state index in [0.29, 0.717) is 13.0 Å². The van der Waals surface area contributed by atoms with Gasteiger partial charge < -0.3 is 10.1 Å². The molecule has 0 saturated carbocycles. The number of rotatable bonds is 5. The van der Waals surface area contributed by atoms with Gasteiger partial charge in [-0.2, -0.15) is 0 Å². The summed E-state index contributed by atoms with van der Waals surface area (Å²) >= 11 is 1.58. The molecule has 142 valence electrons. The third-order valence-electron chi connectivity index (χ3n) is 5.19. The van der Waals surface area contributed by atoms with Crippen LogP contribution in [-0.2, 0) is 24.2 Å². The molecule has 1 N–H and O–H groups in total. The largest absolute Gasteiger partial charge is 0.497 e. The van der Waals surface area contributed by atoms with Crippen LogP contribution < -0.4 is 15.6 Å². The highest BCUT2D eigenvalue weighted by molar-refractivity contribution is 7.99. The standard InChI is InChI=1S/C20H23N3O3S/c1-26-15-8-6-13(7-9-15)11-21-18(24)10-14-12-27-20-22-17-5-3-2-4-16(17)19(25)23(14)20/h6-9,14H,2-5,10-12H2,1H3,(H,21,24). The number of hydrogen-bond donors (Lipinski definition) is 1. The first-order valence-corrected chi connectivity index (χ1v) is 10.3. The molecular weight excluding hydrogens is 362 g/mol. The van der Waals surface area contributed by atoms with Gasteiger partial charge in [-0.1, -0.05) is 23.9 Å². The van der Waals surface area contributed by atoms with Gasteiger partial charge in [0.05, 0.1) is 18.8 Å². The zero-order valence-electron chi connectivity index (χ0n) is 15.4. The number of fused-ring (bicyclic) bond motifs is 2. The number of amides is 1. The zero-order valence-corrected chi connectivity index (χ0v) is 16.2. The van der Waals surface area contributed by atoms with Gasteiger partial charge in [0.1, 0.15) is 5.75 Å². The van der Waals surface area contributed by atoms with Gasteiger partial charge in [0.25, 0.3) is 5.56 Å². The van der Waals surface area contributed by atoms with E-state index < -0.39 is 0 Å². The second-order valence-corrected chi connectivity index (χ2v) is 7.98. The minimum Gasteiger partial charge on any atom is -0.497 e. The van der Waals surface area contributed by atoms with E-state index >= 15 is 0 Å². The van der Waals surface area contributed by atoms with E-state index in [1.807, 2.05) is 24.3 Å². The Morgan fingerprint density at radius 3 is 2.85 bits per heavy atom. The maximum absolute atomic E-state index is 12.9. The first-order valence-electron chi connectivity index (χ1n) is 9.32. The quantitative estimate of drug-likeness (QED) is 0.801. The van der Waals surface area contributed by atoms with Crippen LogP contribution in [0.4, 0.5) is 0 Å². The first kappa shape index (κ1) is 18.1. The van der Waals surface area contributed by atoms with E-state index in [2.05, 4.69) is 5.32 Å². The molecular formula is C20H23N3O3S. The van der Waals surface area contributed by atoms with Crippen LogP contribution in [0.25, 0.3) is 0 Å². The Hall–Kier alpha value is -2.28. The molecule has 6 nitrogen and oxygen atoms in total. The molecule has 2 aromatic rings. The molecule has 1 aliphatic carbocycles. The van der Waals surface area contributed by atoms with Crippen LogP contribution in [0.5, 0.6) is 5.75 Å². The molecule has 1 unspecified atom stereocenters. The molecule has 0 bridgehead atoms. The van der Waals surface area contributed by atoms with Crippen LogP contribution >= 0.6 is 11.8 Å². The zero-order chi connectivity index (χ0) is 18.8. The van der Waals surface area contributed by atoms with Crippen molar-refractivity contribution in [3.63, 3.8) is 0 Å². The van der Waals surface area contributed by atoms with Gasteiger partial charge in [-0.05, 0) is 43.4 Å². The number of nitrogens with one attached hydrogen (secondary N) is 1. The lowest BCUT2D eigenvalue weighted by Gasteiger charge is -2.18. The summed E-state index contributed by atoms with van der Waals surface area (Å²) in [5.74, 6) is 1.47. The van der Waals surface area contributed by atoms with Gasteiger partial charge in [-0.25, -0.2) is 4.98 Å². The van der Waals surface area contributed by atoms with Gasteiger partial charge in [0, 0.05) is 24.3 Å². The Morgan fingerprint density at radius 1 is 1.30 bits per heavy atom. The van der Waals surface area contributed by atoms with Crippen molar-refractivity contribution in [2.24, 2.45) is 0 Å². The first-order chi connectivity index (χ1) is 13.2. The number of aromatic nitrogens is 2. The number of nitrogens with zero attached hydrogens (tertiary/aromatic N) is 2. The maximum Gasteiger partial charge on any atom is 0.257 e. The van der Waals surface area contributed by atoms with Crippen molar-refractivity contribution in [3.8, 4) is 5.75 Å². The Balaban J connectivity index is 1.42. The molecule has 4 rings (SSSR count). The summed E-state index contributed by atoms with van der Waals surface area (Å²) in [6, 6.07) is 7.49. The molecule has 2 aliphatic rings. The molecule has 1 aromatic heterocycles. The number of thioether (sulfide) groups is 1. The topological polar surface area (TPSA) is 73.2 Å². The highest BCUT2D eigenvalue weighted by Crippen LogP contribution is 2.33. The summed E-state index contributed by atoms with van der Waals surface area (Å²) in [5, 5.41) is 3.72. The van der Waals surface area contributed by atoms with Crippen molar-refractivity contribution in [1.29, 1.82) is 0 Å². The van der Waals surface area contributed by atoms with Crippen LogP contribution in [0.1, 0.15) is 42.1 Å². The number of aryl methyl sites for hydroxylation is 1. The summed E-state index contributed by atoms with van der Waals surface area (Å²) < 4.78 is 6.89. The highest BCUT2D eigenvalue weighted by Gasteiger charge is 2.30. The van der Waals surface area contributed by atoms with E-state index in [1.54, 1.807) is 23.4 Å². The minimum absolute atomic E-state index is 0.0473. The lowest BCUT2D eigenvalue weighted by molar-refractivity contribution is -0.121. The number of ether oxygens (including phenoxy) is 1. The molecule has 7 heteroatoms. The fourth-order valence-electron chi connectivity index (χ4n) is 3.69. The summed E-state index contributed by atoms with van der Waals surface area (Å²) in [5.41, 5.74) is 2.90. The van der Waals surface area contributed by atoms with Crippen LogP contribution in [0.2, 0.25) is 0 Å². The lowest BCUT2D eigenvalue weighted by atomic mass is 9.97. The molecule has 1 aliphatic heterocycles. The predicted octanol–water partition coefficient (Wildman–Crippen LogP) is 2.48. The fraction of sp³-hybridized carbons (Fsp3) is 0.450. The Bertz CT molecular complexity index is 908. The molecule has 27 heavy (non-hydrogen) atoms. The third-order valence-corrected chi connectivity index (χ3v) is 6.29. The summed E-state index contributed by atoms with van der Waals surface area (Å²) in [6.07, 6.45) is 4.15. The monoisotopic (exact) mass is 385 g/mol. The Kier molecular flexibility index (Phi) is 5.20. The van der Waals surface area contributed by atoms with Crippen LogP contribution in [0, 0.1) is 0 Å². The van der Waals surface area contributed by atoms with Gasteiger partial charge >= 0.3 is 0 Å². The molecule has 1 aromatic carbocycles. The van der Waals surface area contributed by atoms with E-state index in [1.165, 1.54) is 0 Å². The normalized spacial score (nSPS) is 17.9. The van der Waals surface area contributed by atoms with Gasteiger partial charge in [0.2, 0.25) is 5.91 Å². The van der Waals surface area contributed by atoms with Crippen molar-refractivity contribution in [2.45, 2.75) is 49.8 Å². The van der Waals surface area contributed by atoms with E-state index in [-0.39, 0.29) is 17.5 Å². The van der Waals surface area contributed by atoms with Crippen molar-refractivity contribution >= 4 is 17.7 Å². The Morgan fingerprint density at radius 2 is 2.07 bits per heavy atom. The molecule has 0 radical (unpaired) electrons. The molecule has 0 fully saturated rings. The van der Waals surface area contributed by atoms with Crippen molar-refractivity contribution in [3.05, 3.63) is 51.4 Å².